The summed E-state index contributed by atoms with van der Waals surface area (Å²) in [6, 6.07) is 135. The van der Waals surface area contributed by atoms with Crippen LogP contribution in [0.3, 0.4) is 0 Å². The molecule has 0 atom stereocenters. The molecule has 0 aliphatic heterocycles. The number of fused-ring (bicyclic) bond motifs is 14. The molecule has 19 aromatic rings. The van der Waals surface area contributed by atoms with Gasteiger partial charge in [0.25, 0.3) is 0 Å². The highest BCUT2D eigenvalue weighted by molar-refractivity contribution is 5.90. The Hall–Kier alpha value is -13.5. The summed E-state index contributed by atoms with van der Waals surface area (Å²) in [6.45, 7) is 50.2. The Morgan fingerprint density at radius 2 is 0.404 bits per heavy atom. The Labute approximate surface area is 854 Å². The van der Waals surface area contributed by atoms with Gasteiger partial charge in [-0.1, -0.05) is 512 Å². The van der Waals surface area contributed by atoms with Gasteiger partial charge in [0, 0.05) is 0 Å². The lowest BCUT2D eigenvalue weighted by Crippen LogP contribution is -2.14. The first-order valence-electron chi connectivity index (χ1n) is 51.3. The molecule has 0 saturated carbocycles. The normalized spacial score (nSPS) is 11.1. The monoisotopic (exact) mass is 1860 g/mol. The quantitative estimate of drug-likeness (QED) is 0.142. The van der Waals surface area contributed by atoms with Crippen molar-refractivity contribution < 1.29 is 0 Å². The number of hydrogen-bond acceptors (Lipinski definition) is 0. The third-order valence-corrected chi connectivity index (χ3v) is 26.0. The molecule has 0 heterocycles. The molecule has 19 aromatic carbocycles. The third-order valence-electron chi connectivity index (χ3n) is 26.0. The molecular formula is C141H166. The zero-order chi connectivity index (χ0) is 99.2. The topological polar surface area (TPSA) is 0 Å². The summed E-state index contributed by atoms with van der Waals surface area (Å²) in [5.41, 5.74) is 46.3. The van der Waals surface area contributed by atoms with Gasteiger partial charge in [-0.3, -0.25) is 0 Å². The second-order valence-corrected chi connectivity index (χ2v) is 36.0. The lowest BCUT2D eigenvalue weighted by molar-refractivity contribution is 0.870. The minimum Gasteiger partial charge on any atom is -0.0776 e. The third kappa shape index (κ3) is 31.0. The van der Waals surface area contributed by atoms with E-state index < -0.39 is 0 Å². The maximum atomic E-state index is 2.35. The molecule has 0 radical (unpaired) electrons. The van der Waals surface area contributed by atoms with Crippen LogP contribution >= 0.6 is 0 Å². The summed E-state index contributed by atoms with van der Waals surface area (Å²) in [5.74, 6) is 0. The Morgan fingerprint density at radius 1 is 0.135 bits per heavy atom. The first kappa shape index (κ1) is 114. The predicted octanol–water partition coefficient (Wildman–Crippen LogP) is 41.2. The smallest absolute Gasteiger partial charge is 0.0111 e. The van der Waals surface area contributed by atoms with Crippen LogP contribution < -0.4 is 0 Å². The van der Waals surface area contributed by atoms with Gasteiger partial charge in [0.15, 0.2) is 0 Å². The average molecular weight is 1860 g/mol. The minimum absolute atomic E-state index is 0. The van der Waals surface area contributed by atoms with Crippen LogP contribution in [0.5, 0.6) is 0 Å². The molecule has 24 rings (SSSR count). The fraction of sp³-hybridized carbons (Fsp3) is 0.262. The molecule has 0 bridgehead atoms. The highest BCUT2D eigenvalue weighted by Gasteiger charge is 2.27. The summed E-state index contributed by atoms with van der Waals surface area (Å²) < 4.78 is 0. The van der Waals surface area contributed by atoms with E-state index in [1.807, 2.05) is 87.4 Å². The summed E-state index contributed by atoms with van der Waals surface area (Å²) in [7, 11) is 0. The van der Waals surface area contributed by atoms with E-state index in [4.69, 9.17) is 0 Å². The van der Waals surface area contributed by atoms with Gasteiger partial charge in [0.05, 0.1) is 0 Å². The number of aryl methyl sites for hydroxylation is 23. The van der Waals surface area contributed by atoms with E-state index in [1.54, 1.807) is 33.4 Å². The first-order valence-corrected chi connectivity index (χ1v) is 51.3. The summed E-state index contributed by atoms with van der Waals surface area (Å²) in [4.78, 5) is 0. The highest BCUT2D eigenvalue weighted by atomic mass is 14.3. The van der Waals surface area contributed by atoms with Gasteiger partial charge < -0.3 is 0 Å². The second kappa shape index (κ2) is 58.5. The first-order chi connectivity index (χ1) is 67.2. The van der Waals surface area contributed by atoms with Crippen LogP contribution in [0.1, 0.15) is 225 Å². The van der Waals surface area contributed by atoms with Crippen molar-refractivity contribution in [1.82, 2.24) is 0 Å². The number of hydrogen-bond donors (Lipinski definition) is 0. The van der Waals surface area contributed by atoms with Gasteiger partial charge in [-0.25, -0.2) is 0 Å². The fourth-order valence-electron chi connectivity index (χ4n) is 19.1. The maximum Gasteiger partial charge on any atom is -0.0111 e. The van der Waals surface area contributed by atoms with Crippen molar-refractivity contribution >= 4 is 53.9 Å². The predicted molar refractivity (Wildman–Crippen MR) is 634 cm³/mol. The lowest BCUT2D eigenvalue weighted by atomic mass is 9.74. The Balaban J connectivity index is 0.000000211. The highest BCUT2D eigenvalue weighted by Crippen LogP contribution is 2.44. The molecule has 0 spiro atoms. The fourth-order valence-corrected chi connectivity index (χ4v) is 19.1. The Bertz CT molecular complexity index is 6960. The molecule has 0 amide bonds. The molecule has 0 heteroatoms. The number of rotatable bonds is 0. The standard InChI is InChI=1S/C17H16.C16H16.2C15H14.3C12H12.2C11H10.C7H8.5C2H6.3CH4/c1-11-5-6-14-8-7-12-3-2-4-13-9-10-15(11)17(14)16(12)13;1-11-6-7-13-8-9-14-5-3-4-12(2)16(14)15(13)10-11;1-11-5-4-7-13-10-9-12-6-2-3-8-14(12)15(11)13;1-11-6-7-13-9-8-12-4-2-3-5-14(12)15(13)10-11;1-9-3-5-12-8-10(2)4-6-11(12)7-9;1-9-3-5-11-6-4-10(2)8-12(11)7-9;1-9-5-3-8-12-10(2)6-4-7-11(9)12;1-9-5-4-7-10-6-2-3-8-11(9)10;1-9-6-7-10-4-2-3-5-11(10)8-9;1-7-5-3-2-4-6-7;5*1-2;;;/h2-6H,7-10H2,1H3;3-7,10H,8-9H2,1-2H3;2-8H,9-10H2,1H3;2-7,10H,8-9H2,1H3;3*3-8H,1-2H3;2*2-8H,1H3;2-6H,1H3;5*1-2H3;3*1H4. The van der Waals surface area contributed by atoms with Gasteiger partial charge in [-0.05, 0) is 349 Å². The van der Waals surface area contributed by atoms with Crippen molar-refractivity contribution in [2.75, 3.05) is 0 Å². The van der Waals surface area contributed by atoms with E-state index in [1.165, 1.54) is 263 Å². The van der Waals surface area contributed by atoms with Gasteiger partial charge in [0.1, 0.15) is 0 Å². The van der Waals surface area contributed by atoms with Crippen LogP contribution in [-0.4, -0.2) is 0 Å². The van der Waals surface area contributed by atoms with Crippen molar-refractivity contribution in [2.45, 2.75) is 253 Å². The molecule has 5 aliphatic carbocycles. The molecule has 730 valence electrons. The summed E-state index contributed by atoms with van der Waals surface area (Å²) in [5, 5.41) is 13.4. The zero-order valence-electron chi connectivity index (χ0n) is 87.9. The van der Waals surface area contributed by atoms with Gasteiger partial charge >= 0.3 is 0 Å². The van der Waals surface area contributed by atoms with Crippen LogP contribution in [0.15, 0.2) is 376 Å². The van der Waals surface area contributed by atoms with Crippen LogP contribution in [0.4, 0.5) is 0 Å². The molecule has 0 aromatic heterocycles. The maximum absolute atomic E-state index is 2.35. The second-order valence-electron chi connectivity index (χ2n) is 36.0. The molecular weight excluding hydrogens is 1690 g/mol. The lowest BCUT2D eigenvalue weighted by Gasteiger charge is -2.30. The van der Waals surface area contributed by atoms with Crippen molar-refractivity contribution in [1.29, 1.82) is 0 Å². The van der Waals surface area contributed by atoms with Gasteiger partial charge in [-0.15, -0.1) is 0 Å². The van der Waals surface area contributed by atoms with Crippen molar-refractivity contribution in [3.8, 4) is 44.5 Å². The van der Waals surface area contributed by atoms with Crippen molar-refractivity contribution in [3.63, 3.8) is 0 Å². The van der Waals surface area contributed by atoms with Crippen LogP contribution in [0.2, 0.25) is 0 Å². The van der Waals surface area contributed by atoms with E-state index in [9.17, 15) is 0 Å². The summed E-state index contributed by atoms with van der Waals surface area (Å²) in [6.07, 6.45) is 12.0. The molecule has 0 saturated heterocycles. The average Bonchev–Trinajstić information content (AvgIpc) is 0.740. The molecule has 0 fully saturated rings. The Kier molecular flexibility index (Phi) is 47.5. The summed E-state index contributed by atoms with van der Waals surface area (Å²) >= 11 is 0. The van der Waals surface area contributed by atoms with Crippen LogP contribution in [0.25, 0.3) is 98.4 Å². The van der Waals surface area contributed by atoms with Gasteiger partial charge in [0.2, 0.25) is 0 Å². The van der Waals surface area contributed by atoms with Crippen molar-refractivity contribution in [2.24, 2.45) is 0 Å². The van der Waals surface area contributed by atoms with E-state index in [0.717, 1.165) is 0 Å². The van der Waals surface area contributed by atoms with E-state index in [2.05, 4.69) is 455 Å². The zero-order valence-corrected chi connectivity index (χ0v) is 87.9. The molecule has 141 heavy (non-hydrogen) atoms. The van der Waals surface area contributed by atoms with E-state index in [-0.39, 0.29) is 22.3 Å². The molecule has 0 unspecified atom stereocenters. The van der Waals surface area contributed by atoms with Gasteiger partial charge in [-0.2, -0.15) is 0 Å². The van der Waals surface area contributed by atoms with Crippen LogP contribution in [0, 0.1) is 96.9 Å². The molecule has 0 N–H and O–H groups in total. The molecule has 0 nitrogen and oxygen atoms in total. The van der Waals surface area contributed by atoms with Crippen molar-refractivity contribution in [3.05, 3.63) is 510 Å². The minimum atomic E-state index is 0. The Morgan fingerprint density at radius 3 is 0.872 bits per heavy atom. The largest absolute Gasteiger partial charge is 0.0776 e. The van der Waals surface area contributed by atoms with E-state index >= 15 is 0 Å². The van der Waals surface area contributed by atoms with Crippen LogP contribution in [-0.2, 0) is 64.2 Å². The van der Waals surface area contributed by atoms with E-state index in [0.29, 0.717) is 0 Å². The number of benzene rings is 19. The SMILES string of the molecule is C.C.C.CC.CC.CC.CC.CC.Cc1ccc2c(c1)-c1c(C)cccc1CC2.Cc1ccc2c(c1)-c1ccccc1CC2.Cc1ccc2c3c1CCc1cccc(c1-3)CC2.Cc1ccc2cc(C)ccc2c1.Cc1ccc2ccc(C)cc2c1.Cc1ccc2ccccc2c1.Cc1cccc2c(C)cccc12.Cc1cccc2c1-c1ccccc1CC2.Cc1cccc2ccccc12.Cc1ccccc1. The molecule has 5 aliphatic rings.